The number of hydrogen-bond acceptors (Lipinski definition) is 5. The van der Waals surface area contributed by atoms with Crippen LogP contribution < -0.4 is 10.2 Å². The standard InChI is InChI=1S/C15H18N6/c1-3-16-15-19-13-12(17-10-18-13)14(20-15)21(4-2)11-8-6-5-7-9-11/h5-10H,3-4H2,1-2H3,(H2,16,17,18,19,20). The molecule has 0 saturated carbocycles. The molecule has 0 unspecified atom stereocenters. The van der Waals surface area contributed by atoms with E-state index in [4.69, 9.17) is 0 Å². The molecule has 0 atom stereocenters. The third-order valence-electron chi connectivity index (χ3n) is 3.24. The van der Waals surface area contributed by atoms with Crippen molar-refractivity contribution in [3.05, 3.63) is 36.7 Å². The first-order valence-electron chi connectivity index (χ1n) is 7.11. The number of aromatic nitrogens is 4. The molecule has 108 valence electrons. The normalized spacial score (nSPS) is 10.8. The Bertz CT molecular complexity index is 721. The van der Waals surface area contributed by atoms with Crippen LogP contribution in [0, 0.1) is 0 Å². The number of hydrogen-bond donors (Lipinski definition) is 2. The van der Waals surface area contributed by atoms with Gasteiger partial charge in [-0.1, -0.05) is 18.2 Å². The number of nitrogens with one attached hydrogen (secondary N) is 2. The fraction of sp³-hybridized carbons (Fsp3) is 0.267. The number of H-pyrrole nitrogens is 1. The van der Waals surface area contributed by atoms with Gasteiger partial charge in [-0.15, -0.1) is 0 Å². The molecule has 0 fully saturated rings. The highest BCUT2D eigenvalue weighted by atomic mass is 15.2. The third kappa shape index (κ3) is 2.52. The lowest BCUT2D eigenvalue weighted by Crippen LogP contribution is -2.19. The van der Waals surface area contributed by atoms with Crippen LogP contribution in [0.4, 0.5) is 17.5 Å². The Balaban J connectivity index is 2.14. The van der Waals surface area contributed by atoms with Crippen LogP contribution in [0.15, 0.2) is 36.7 Å². The predicted octanol–water partition coefficient (Wildman–Crippen LogP) is 2.94. The molecule has 0 aliphatic rings. The van der Waals surface area contributed by atoms with E-state index in [-0.39, 0.29) is 0 Å². The van der Waals surface area contributed by atoms with E-state index in [1.165, 1.54) is 0 Å². The second kappa shape index (κ2) is 5.78. The Morgan fingerprint density at radius 3 is 2.67 bits per heavy atom. The van der Waals surface area contributed by atoms with Crippen LogP contribution >= 0.6 is 0 Å². The molecule has 21 heavy (non-hydrogen) atoms. The van der Waals surface area contributed by atoms with Gasteiger partial charge in [0.25, 0.3) is 0 Å². The van der Waals surface area contributed by atoms with Crippen molar-refractivity contribution in [2.24, 2.45) is 0 Å². The van der Waals surface area contributed by atoms with E-state index in [0.717, 1.165) is 30.1 Å². The van der Waals surface area contributed by atoms with Crippen molar-refractivity contribution < 1.29 is 0 Å². The van der Waals surface area contributed by atoms with Gasteiger partial charge in [-0.2, -0.15) is 9.97 Å². The van der Waals surface area contributed by atoms with Crippen LogP contribution in [-0.2, 0) is 0 Å². The predicted molar refractivity (Wildman–Crippen MR) is 85.0 cm³/mol. The van der Waals surface area contributed by atoms with Crippen molar-refractivity contribution >= 4 is 28.6 Å². The number of benzene rings is 1. The van der Waals surface area contributed by atoms with Gasteiger partial charge in [-0.05, 0) is 26.0 Å². The maximum atomic E-state index is 4.64. The summed E-state index contributed by atoms with van der Waals surface area (Å²) >= 11 is 0. The van der Waals surface area contributed by atoms with Gasteiger partial charge in [0, 0.05) is 18.8 Å². The first-order valence-corrected chi connectivity index (χ1v) is 7.11. The number of para-hydroxylation sites is 1. The summed E-state index contributed by atoms with van der Waals surface area (Å²) in [5.41, 5.74) is 2.62. The van der Waals surface area contributed by atoms with Crippen LogP contribution in [0.5, 0.6) is 0 Å². The lowest BCUT2D eigenvalue weighted by atomic mass is 10.3. The van der Waals surface area contributed by atoms with Gasteiger partial charge in [0.05, 0.1) is 6.33 Å². The summed E-state index contributed by atoms with van der Waals surface area (Å²) in [7, 11) is 0. The minimum Gasteiger partial charge on any atom is -0.354 e. The van der Waals surface area contributed by atoms with E-state index < -0.39 is 0 Å². The molecular formula is C15H18N6. The summed E-state index contributed by atoms with van der Waals surface area (Å²) < 4.78 is 0. The zero-order chi connectivity index (χ0) is 14.7. The fourth-order valence-corrected chi connectivity index (χ4v) is 2.31. The first-order chi connectivity index (χ1) is 10.3. The summed E-state index contributed by atoms with van der Waals surface area (Å²) in [6, 6.07) is 10.2. The molecule has 0 aliphatic heterocycles. The summed E-state index contributed by atoms with van der Waals surface area (Å²) in [6.45, 7) is 5.70. The molecule has 0 saturated heterocycles. The molecular weight excluding hydrogens is 264 g/mol. The zero-order valence-electron chi connectivity index (χ0n) is 12.2. The number of fused-ring (bicyclic) bond motifs is 1. The Labute approximate surface area is 123 Å². The van der Waals surface area contributed by atoms with Crippen molar-refractivity contribution in [1.29, 1.82) is 0 Å². The second-order valence-corrected chi connectivity index (χ2v) is 4.58. The Morgan fingerprint density at radius 2 is 1.95 bits per heavy atom. The number of imidazole rings is 1. The quantitative estimate of drug-likeness (QED) is 0.753. The maximum absolute atomic E-state index is 4.64. The van der Waals surface area contributed by atoms with Crippen LogP contribution in [0.3, 0.4) is 0 Å². The molecule has 2 aromatic heterocycles. The zero-order valence-corrected chi connectivity index (χ0v) is 12.2. The Hall–Kier alpha value is -2.63. The smallest absolute Gasteiger partial charge is 0.226 e. The minimum atomic E-state index is 0.599. The molecule has 0 radical (unpaired) electrons. The van der Waals surface area contributed by atoms with Crippen molar-refractivity contribution in [1.82, 2.24) is 19.9 Å². The summed E-state index contributed by atoms with van der Waals surface area (Å²) in [6.07, 6.45) is 1.65. The van der Waals surface area contributed by atoms with Gasteiger partial charge in [0.1, 0.15) is 5.52 Å². The fourth-order valence-electron chi connectivity index (χ4n) is 2.31. The van der Waals surface area contributed by atoms with Crippen LogP contribution in [0.25, 0.3) is 11.2 Å². The van der Waals surface area contributed by atoms with Crippen molar-refractivity contribution in [3.63, 3.8) is 0 Å². The average Bonchev–Trinajstić information content (AvgIpc) is 2.98. The molecule has 0 amide bonds. The summed E-state index contributed by atoms with van der Waals surface area (Å²) in [4.78, 5) is 18.6. The van der Waals surface area contributed by atoms with E-state index in [0.29, 0.717) is 11.6 Å². The van der Waals surface area contributed by atoms with Gasteiger partial charge in [-0.25, -0.2) is 4.98 Å². The molecule has 0 aliphatic carbocycles. The molecule has 0 bridgehead atoms. The van der Waals surface area contributed by atoms with Gasteiger partial charge in [-0.3, -0.25) is 0 Å². The highest BCUT2D eigenvalue weighted by molar-refractivity contribution is 5.87. The first kappa shape index (κ1) is 13.4. The molecule has 0 spiro atoms. The summed E-state index contributed by atoms with van der Waals surface area (Å²) in [5.74, 6) is 1.43. The van der Waals surface area contributed by atoms with E-state index >= 15 is 0 Å². The molecule has 2 heterocycles. The average molecular weight is 282 g/mol. The molecule has 3 rings (SSSR count). The highest BCUT2D eigenvalue weighted by Crippen LogP contribution is 2.28. The van der Waals surface area contributed by atoms with E-state index in [1.807, 2.05) is 25.1 Å². The van der Waals surface area contributed by atoms with Gasteiger partial charge >= 0.3 is 0 Å². The molecule has 2 N–H and O–H groups in total. The Kier molecular flexibility index (Phi) is 3.68. The second-order valence-electron chi connectivity index (χ2n) is 4.58. The maximum Gasteiger partial charge on any atom is 0.226 e. The molecule has 6 nitrogen and oxygen atoms in total. The van der Waals surface area contributed by atoms with E-state index in [9.17, 15) is 0 Å². The SMILES string of the molecule is CCNc1nc(N(CC)c2ccccc2)c2[nH]cnc2n1. The van der Waals surface area contributed by atoms with E-state index in [2.05, 4.69) is 49.2 Å². The van der Waals surface area contributed by atoms with Crippen molar-refractivity contribution in [2.45, 2.75) is 13.8 Å². The molecule has 3 aromatic rings. The number of anilines is 3. The molecule has 6 heteroatoms. The number of rotatable bonds is 5. The van der Waals surface area contributed by atoms with Gasteiger partial charge in [0.2, 0.25) is 5.95 Å². The van der Waals surface area contributed by atoms with Gasteiger partial charge in [0.15, 0.2) is 11.5 Å². The topological polar surface area (TPSA) is 69.7 Å². The molecule has 1 aromatic carbocycles. The van der Waals surface area contributed by atoms with Gasteiger partial charge < -0.3 is 15.2 Å². The third-order valence-corrected chi connectivity index (χ3v) is 3.24. The largest absolute Gasteiger partial charge is 0.354 e. The Morgan fingerprint density at radius 1 is 1.14 bits per heavy atom. The van der Waals surface area contributed by atoms with Crippen molar-refractivity contribution in [2.75, 3.05) is 23.3 Å². The number of aromatic amines is 1. The highest BCUT2D eigenvalue weighted by Gasteiger charge is 2.16. The number of nitrogens with zero attached hydrogens (tertiary/aromatic N) is 4. The van der Waals surface area contributed by atoms with Crippen LogP contribution in [0.2, 0.25) is 0 Å². The van der Waals surface area contributed by atoms with E-state index in [1.54, 1.807) is 6.33 Å². The van der Waals surface area contributed by atoms with Crippen molar-refractivity contribution in [3.8, 4) is 0 Å². The lowest BCUT2D eigenvalue weighted by Gasteiger charge is -2.22. The van der Waals surface area contributed by atoms with Crippen LogP contribution in [-0.4, -0.2) is 33.0 Å². The van der Waals surface area contributed by atoms with Crippen LogP contribution in [0.1, 0.15) is 13.8 Å². The lowest BCUT2D eigenvalue weighted by molar-refractivity contribution is 0.982. The minimum absolute atomic E-state index is 0.599. The summed E-state index contributed by atoms with van der Waals surface area (Å²) in [5, 5.41) is 3.16. The monoisotopic (exact) mass is 282 g/mol.